The Kier molecular flexibility index (Phi) is 4.88. The first-order valence-corrected chi connectivity index (χ1v) is 7.08. The van der Waals surface area contributed by atoms with Gasteiger partial charge in [-0.1, -0.05) is 38.1 Å². The highest BCUT2D eigenvalue weighted by Crippen LogP contribution is 2.11. The molecule has 0 aliphatic heterocycles. The van der Waals surface area contributed by atoms with Crippen LogP contribution in [0, 0.1) is 0 Å². The van der Waals surface area contributed by atoms with Gasteiger partial charge >= 0.3 is 11.9 Å². The summed E-state index contributed by atoms with van der Waals surface area (Å²) in [6.07, 6.45) is 1.65. The van der Waals surface area contributed by atoms with Gasteiger partial charge in [0.25, 0.3) is 0 Å². The highest BCUT2D eigenvalue weighted by Gasteiger charge is 2.15. The van der Waals surface area contributed by atoms with E-state index in [2.05, 4.69) is 0 Å². The lowest BCUT2D eigenvalue weighted by molar-refractivity contribution is 0.0397. The minimum absolute atomic E-state index is 0.398. The molecule has 0 fully saturated rings. The summed E-state index contributed by atoms with van der Waals surface area (Å²) in [5.74, 6) is -1.23. The van der Waals surface area contributed by atoms with Crippen LogP contribution in [-0.2, 0) is 17.6 Å². The summed E-state index contributed by atoms with van der Waals surface area (Å²) in [4.78, 5) is 24.0. The summed E-state index contributed by atoms with van der Waals surface area (Å²) in [6.45, 7) is 4.01. The molecule has 108 valence electrons. The number of carbonyl (C=O) groups is 2. The first-order valence-electron chi connectivity index (χ1n) is 7.08. The van der Waals surface area contributed by atoms with E-state index in [1.165, 1.54) is 0 Å². The van der Waals surface area contributed by atoms with Crippen molar-refractivity contribution in [1.29, 1.82) is 0 Å². The monoisotopic (exact) mass is 282 g/mol. The maximum absolute atomic E-state index is 12.0. The van der Waals surface area contributed by atoms with Crippen molar-refractivity contribution in [3.05, 3.63) is 70.8 Å². The average Bonchev–Trinajstić information content (AvgIpc) is 2.54. The van der Waals surface area contributed by atoms with Crippen LogP contribution in [0.15, 0.2) is 48.5 Å². The maximum atomic E-state index is 12.0. The molecule has 0 heterocycles. The molecule has 0 bridgehead atoms. The summed E-state index contributed by atoms with van der Waals surface area (Å²) in [7, 11) is 0. The van der Waals surface area contributed by atoms with Gasteiger partial charge in [0.1, 0.15) is 0 Å². The molecule has 0 aliphatic carbocycles. The molecule has 3 heteroatoms. The molecule has 0 aromatic heterocycles. The topological polar surface area (TPSA) is 43.4 Å². The van der Waals surface area contributed by atoms with Crippen LogP contribution in [0.4, 0.5) is 0 Å². The molecule has 0 saturated heterocycles. The third-order valence-electron chi connectivity index (χ3n) is 3.33. The number of hydrogen-bond acceptors (Lipinski definition) is 3. The number of benzene rings is 2. The Balaban J connectivity index is 2.12. The lowest BCUT2D eigenvalue weighted by Gasteiger charge is -2.05. The van der Waals surface area contributed by atoms with E-state index in [9.17, 15) is 9.59 Å². The molecule has 2 aromatic carbocycles. The number of hydrogen-bond donors (Lipinski definition) is 0. The predicted octanol–water partition coefficient (Wildman–Crippen LogP) is 3.81. The van der Waals surface area contributed by atoms with E-state index in [1.54, 1.807) is 36.4 Å². The highest BCUT2D eigenvalue weighted by atomic mass is 16.6. The summed E-state index contributed by atoms with van der Waals surface area (Å²) in [5.41, 5.74) is 2.86. The van der Waals surface area contributed by atoms with Crippen molar-refractivity contribution in [1.82, 2.24) is 0 Å². The average molecular weight is 282 g/mol. The van der Waals surface area contributed by atoms with Crippen molar-refractivity contribution >= 4 is 11.9 Å². The molecule has 0 aliphatic rings. The molecule has 0 N–H and O–H groups in total. The van der Waals surface area contributed by atoms with Crippen molar-refractivity contribution in [3.8, 4) is 0 Å². The fraction of sp³-hybridized carbons (Fsp3) is 0.222. The Hall–Kier alpha value is -2.42. The Bertz CT molecular complexity index is 602. The zero-order valence-corrected chi connectivity index (χ0v) is 12.3. The van der Waals surface area contributed by atoms with Crippen molar-refractivity contribution < 1.29 is 14.3 Å². The smallest absolute Gasteiger partial charge is 0.346 e. The summed E-state index contributed by atoms with van der Waals surface area (Å²) in [5, 5.41) is 0. The number of aryl methyl sites for hydroxylation is 2. The number of rotatable bonds is 4. The van der Waals surface area contributed by atoms with Gasteiger partial charge in [0.05, 0.1) is 11.1 Å². The SMILES string of the molecule is CCc1cccc(C(=O)OC(=O)c2cccc(CC)c2)c1. The fourth-order valence-electron chi connectivity index (χ4n) is 2.04. The van der Waals surface area contributed by atoms with Crippen molar-refractivity contribution in [2.24, 2.45) is 0 Å². The van der Waals surface area contributed by atoms with Crippen molar-refractivity contribution in [3.63, 3.8) is 0 Å². The van der Waals surface area contributed by atoms with Crippen LogP contribution in [0.5, 0.6) is 0 Å². The molecule has 0 radical (unpaired) electrons. The van der Waals surface area contributed by atoms with Gasteiger partial charge in [0, 0.05) is 0 Å². The van der Waals surface area contributed by atoms with Gasteiger partial charge in [0.15, 0.2) is 0 Å². The largest absolute Gasteiger partial charge is 0.386 e. The van der Waals surface area contributed by atoms with E-state index in [0.717, 1.165) is 24.0 Å². The first kappa shape index (κ1) is 15.0. The summed E-state index contributed by atoms with van der Waals surface area (Å²) < 4.78 is 4.94. The summed E-state index contributed by atoms with van der Waals surface area (Å²) in [6, 6.07) is 14.2. The van der Waals surface area contributed by atoms with Gasteiger partial charge in [-0.05, 0) is 48.2 Å². The predicted molar refractivity (Wildman–Crippen MR) is 81.4 cm³/mol. The molecular formula is C18H18O3. The number of ether oxygens (including phenoxy) is 1. The second-order valence-electron chi connectivity index (χ2n) is 4.78. The molecule has 21 heavy (non-hydrogen) atoms. The fourth-order valence-corrected chi connectivity index (χ4v) is 2.04. The second-order valence-corrected chi connectivity index (χ2v) is 4.78. The molecule has 2 aromatic rings. The van der Waals surface area contributed by atoms with E-state index in [1.807, 2.05) is 26.0 Å². The van der Waals surface area contributed by atoms with Crippen LogP contribution in [0.25, 0.3) is 0 Å². The minimum atomic E-state index is -0.614. The Morgan fingerprint density at radius 3 is 1.62 bits per heavy atom. The van der Waals surface area contributed by atoms with Crippen LogP contribution in [0.2, 0.25) is 0 Å². The standard InChI is InChI=1S/C18H18O3/c1-3-13-7-5-9-15(11-13)17(19)21-18(20)16-10-6-8-14(4-2)12-16/h5-12H,3-4H2,1-2H3. The molecule has 0 unspecified atom stereocenters. The van der Waals surface area contributed by atoms with E-state index in [-0.39, 0.29) is 0 Å². The highest BCUT2D eigenvalue weighted by molar-refractivity contribution is 6.02. The molecule has 0 saturated carbocycles. The number of carbonyl (C=O) groups excluding carboxylic acids is 2. The van der Waals surface area contributed by atoms with E-state index >= 15 is 0 Å². The zero-order chi connectivity index (χ0) is 15.2. The number of esters is 2. The Morgan fingerprint density at radius 1 is 0.810 bits per heavy atom. The molecule has 2 rings (SSSR count). The van der Waals surface area contributed by atoms with Crippen LogP contribution >= 0.6 is 0 Å². The lowest BCUT2D eigenvalue weighted by Crippen LogP contribution is -2.13. The normalized spacial score (nSPS) is 10.2. The van der Waals surface area contributed by atoms with Crippen LogP contribution in [0.1, 0.15) is 45.7 Å². The van der Waals surface area contributed by atoms with E-state index < -0.39 is 11.9 Å². The van der Waals surface area contributed by atoms with Gasteiger partial charge in [-0.15, -0.1) is 0 Å². The molecular weight excluding hydrogens is 264 g/mol. The summed E-state index contributed by atoms with van der Waals surface area (Å²) >= 11 is 0. The van der Waals surface area contributed by atoms with Gasteiger partial charge in [-0.25, -0.2) is 9.59 Å². The van der Waals surface area contributed by atoms with Gasteiger partial charge in [0.2, 0.25) is 0 Å². The quantitative estimate of drug-likeness (QED) is 0.632. The molecule has 0 amide bonds. The Labute approximate surface area is 124 Å². The van der Waals surface area contributed by atoms with Crippen LogP contribution < -0.4 is 0 Å². The Morgan fingerprint density at radius 2 is 1.24 bits per heavy atom. The van der Waals surface area contributed by atoms with E-state index in [0.29, 0.717) is 11.1 Å². The maximum Gasteiger partial charge on any atom is 0.346 e. The third-order valence-corrected chi connectivity index (χ3v) is 3.33. The molecule has 3 nitrogen and oxygen atoms in total. The second kappa shape index (κ2) is 6.84. The van der Waals surface area contributed by atoms with E-state index in [4.69, 9.17) is 4.74 Å². The van der Waals surface area contributed by atoms with Gasteiger partial charge in [-0.3, -0.25) is 0 Å². The van der Waals surface area contributed by atoms with Gasteiger partial charge in [-0.2, -0.15) is 0 Å². The van der Waals surface area contributed by atoms with Crippen molar-refractivity contribution in [2.45, 2.75) is 26.7 Å². The van der Waals surface area contributed by atoms with Crippen LogP contribution in [-0.4, -0.2) is 11.9 Å². The zero-order valence-electron chi connectivity index (χ0n) is 12.3. The molecule has 0 spiro atoms. The molecule has 0 atom stereocenters. The first-order chi connectivity index (χ1) is 10.1. The third kappa shape index (κ3) is 3.78. The lowest BCUT2D eigenvalue weighted by atomic mass is 10.1. The van der Waals surface area contributed by atoms with Crippen molar-refractivity contribution in [2.75, 3.05) is 0 Å². The van der Waals surface area contributed by atoms with Crippen LogP contribution in [0.3, 0.4) is 0 Å². The minimum Gasteiger partial charge on any atom is -0.386 e. The van der Waals surface area contributed by atoms with Gasteiger partial charge < -0.3 is 4.74 Å².